The summed E-state index contributed by atoms with van der Waals surface area (Å²) in [7, 11) is 3.29. The van der Waals surface area contributed by atoms with Gasteiger partial charge in [-0.05, 0) is 43.5 Å². The average molecular weight is 507 g/mol. The van der Waals surface area contributed by atoms with Crippen LogP contribution in [-0.4, -0.2) is 71.3 Å². The molecule has 3 aromatic rings. The molecule has 2 aromatic heterocycles. The molecule has 196 valence electrons. The van der Waals surface area contributed by atoms with Crippen molar-refractivity contribution in [1.29, 1.82) is 5.26 Å². The molecule has 1 saturated heterocycles. The van der Waals surface area contributed by atoms with Crippen LogP contribution in [0.25, 0.3) is 11.2 Å². The molecule has 1 aliphatic heterocycles. The third-order valence-corrected chi connectivity index (χ3v) is 6.04. The van der Waals surface area contributed by atoms with E-state index in [4.69, 9.17) is 14.7 Å². The predicted molar refractivity (Wildman–Crippen MR) is 140 cm³/mol. The zero-order valence-electron chi connectivity index (χ0n) is 21.9. The standard InChI is InChI=1S/C25H28N6O4.C2H6/c1-34-11-5-10-31-22-21(28-25(31)29-23(32)18-7-3-6-17(12-18)14-26)13-19(15-27-22)24(33)30-9-4-8-20(16-30)35-2;1-2/h3,6-7,12-13,15,20H,4-5,8-11,16H2,1-2H3,(H,28,29,32);1-2H3. The molecule has 1 aliphatic rings. The van der Waals surface area contributed by atoms with Gasteiger partial charge in [0.15, 0.2) is 5.65 Å². The van der Waals surface area contributed by atoms with Crippen molar-refractivity contribution in [2.45, 2.75) is 45.8 Å². The van der Waals surface area contributed by atoms with Gasteiger partial charge in [0, 0.05) is 52.2 Å². The average Bonchev–Trinajstić information content (AvgIpc) is 3.29. The lowest BCUT2D eigenvalue weighted by atomic mass is 10.1. The SMILES string of the molecule is CC.COCCCn1c(NC(=O)c2cccc(C#N)c2)nc2cc(C(=O)N3CCCC(OC)C3)cnc21. The third-order valence-electron chi connectivity index (χ3n) is 6.04. The summed E-state index contributed by atoms with van der Waals surface area (Å²) in [5, 5.41) is 12.0. The highest BCUT2D eigenvalue weighted by atomic mass is 16.5. The Balaban J connectivity index is 0.00000186. The molecule has 0 aliphatic carbocycles. The van der Waals surface area contributed by atoms with Crippen molar-refractivity contribution in [3.8, 4) is 6.07 Å². The summed E-state index contributed by atoms with van der Waals surface area (Å²) in [6, 6.07) is 10.2. The van der Waals surface area contributed by atoms with Gasteiger partial charge in [-0.15, -0.1) is 0 Å². The molecule has 0 bridgehead atoms. The van der Waals surface area contributed by atoms with Crippen molar-refractivity contribution in [3.05, 3.63) is 53.2 Å². The van der Waals surface area contributed by atoms with Gasteiger partial charge in [-0.2, -0.15) is 5.26 Å². The Morgan fingerprint density at radius 3 is 2.76 bits per heavy atom. The van der Waals surface area contributed by atoms with Crippen LogP contribution in [0.1, 0.15) is 59.4 Å². The molecule has 1 aromatic carbocycles. The number of benzene rings is 1. The fourth-order valence-corrected chi connectivity index (χ4v) is 4.20. The largest absolute Gasteiger partial charge is 0.385 e. The lowest BCUT2D eigenvalue weighted by molar-refractivity contribution is 0.0269. The van der Waals surface area contributed by atoms with Gasteiger partial charge in [0.1, 0.15) is 5.52 Å². The van der Waals surface area contributed by atoms with Crippen molar-refractivity contribution in [1.82, 2.24) is 19.4 Å². The van der Waals surface area contributed by atoms with Crippen molar-refractivity contribution in [2.75, 3.05) is 39.2 Å². The van der Waals surface area contributed by atoms with E-state index in [9.17, 15) is 9.59 Å². The number of carbonyl (C=O) groups excluding carboxylic acids is 2. The van der Waals surface area contributed by atoms with E-state index in [0.29, 0.717) is 66.5 Å². The van der Waals surface area contributed by atoms with E-state index in [2.05, 4.69) is 15.3 Å². The Labute approximate surface area is 217 Å². The van der Waals surface area contributed by atoms with Crippen LogP contribution in [0.4, 0.5) is 5.95 Å². The van der Waals surface area contributed by atoms with Crippen LogP contribution in [0.5, 0.6) is 0 Å². The number of ether oxygens (including phenoxy) is 2. The van der Waals surface area contributed by atoms with Crippen molar-refractivity contribution >= 4 is 28.9 Å². The van der Waals surface area contributed by atoms with E-state index < -0.39 is 0 Å². The molecular formula is C27H34N6O4. The predicted octanol–water partition coefficient (Wildman–Crippen LogP) is 3.87. The number of hydrogen-bond donors (Lipinski definition) is 1. The zero-order valence-corrected chi connectivity index (χ0v) is 21.9. The first-order valence-electron chi connectivity index (χ1n) is 12.5. The molecule has 0 saturated carbocycles. The van der Waals surface area contributed by atoms with Gasteiger partial charge in [0.05, 0.1) is 23.3 Å². The maximum absolute atomic E-state index is 13.1. The maximum Gasteiger partial charge on any atom is 0.258 e. The topological polar surface area (TPSA) is 122 Å². The molecular weight excluding hydrogens is 472 g/mol. The first-order valence-corrected chi connectivity index (χ1v) is 12.5. The Morgan fingerprint density at radius 2 is 2.03 bits per heavy atom. The van der Waals surface area contributed by atoms with Crippen LogP contribution in [0, 0.1) is 11.3 Å². The maximum atomic E-state index is 13.1. The second kappa shape index (κ2) is 13.5. The van der Waals surface area contributed by atoms with Crippen LogP contribution in [-0.2, 0) is 16.0 Å². The van der Waals surface area contributed by atoms with Crippen LogP contribution in [0.2, 0.25) is 0 Å². The number of aryl methyl sites for hydroxylation is 1. The molecule has 4 rings (SSSR count). The van der Waals surface area contributed by atoms with E-state index in [1.165, 1.54) is 6.07 Å². The molecule has 37 heavy (non-hydrogen) atoms. The summed E-state index contributed by atoms with van der Waals surface area (Å²) >= 11 is 0. The van der Waals surface area contributed by atoms with E-state index in [1.54, 1.807) is 54.1 Å². The number of nitriles is 1. The summed E-state index contributed by atoms with van der Waals surface area (Å²) in [6.07, 6.45) is 4.09. The molecule has 3 heterocycles. The highest BCUT2D eigenvalue weighted by molar-refractivity contribution is 6.04. The minimum absolute atomic E-state index is 0.0331. The second-order valence-corrected chi connectivity index (χ2v) is 8.40. The number of hydrogen-bond acceptors (Lipinski definition) is 7. The summed E-state index contributed by atoms with van der Waals surface area (Å²) in [5.74, 6) is -0.187. The quantitative estimate of drug-likeness (QED) is 0.460. The fraction of sp³-hybridized carbons (Fsp3) is 0.444. The van der Waals surface area contributed by atoms with Gasteiger partial charge in [0.2, 0.25) is 5.95 Å². The number of rotatable bonds is 8. The monoisotopic (exact) mass is 506 g/mol. The van der Waals surface area contributed by atoms with E-state index >= 15 is 0 Å². The molecule has 1 N–H and O–H groups in total. The van der Waals surface area contributed by atoms with Crippen LogP contribution in [0.15, 0.2) is 36.5 Å². The Hall–Kier alpha value is -3.81. The van der Waals surface area contributed by atoms with Crippen molar-refractivity contribution in [2.24, 2.45) is 0 Å². The smallest absolute Gasteiger partial charge is 0.258 e. The Bertz CT molecular complexity index is 1270. The van der Waals surface area contributed by atoms with Crippen molar-refractivity contribution in [3.63, 3.8) is 0 Å². The number of nitrogens with one attached hydrogen (secondary N) is 1. The van der Waals surface area contributed by atoms with Gasteiger partial charge in [-0.1, -0.05) is 19.9 Å². The van der Waals surface area contributed by atoms with Crippen LogP contribution in [0.3, 0.4) is 0 Å². The molecule has 10 heteroatoms. The highest BCUT2D eigenvalue weighted by Crippen LogP contribution is 2.22. The molecule has 0 spiro atoms. The lowest BCUT2D eigenvalue weighted by Gasteiger charge is -2.31. The number of imidazole rings is 1. The molecule has 1 fully saturated rings. The zero-order chi connectivity index (χ0) is 26.8. The molecule has 1 unspecified atom stereocenters. The van der Waals surface area contributed by atoms with Gasteiger partial charge in [0.25, 0.3) is 11.8 Å². The fourth-order valence-electron chi connectivity index (χ4n) is 4.20. The minimum atomic E-state index is -0.388. The van der Waals surface area contributed by atoms with Crippen molar-refractivity contribution < 1.29 is 19.1 Å². The number of pyridine rings is 1. The molecule has 10 nitrogen and oxygen atoms in total. The van der Waals surface area contributed by atoms with Gasteiger partial charge in [-0.25, -0.2) is 9.97 Å². The molecule has 1 atom stereocenters. The minimum Gasteiger partial charge on any atom is -0.385 e. The summed E-state index contributed by atoms with van der Waals surface area (Å²) in [4.78, 5) is 36.9. The van der Waals surface area contributed by atoms with Gasteiger partial charge in [-0.3, -0.25) is 19.5 Å². The molecule has 2 amide bonds. The number of likely N-dealkylation sites (tertiary alicyclic amines) is 1. The number of fused-ring (bicyclic) bond motifs is 1. The van der Waals surface area contributed by atoms with Gasteiger partial charge >= 0.3 is 0 Å². The van der Waals surface area contributed by atoms with E-state index in [-0.39, 0.29) is 17.9 Å². The third kappa shape index (κ3) is 6.70. The first kappa shape index (κ1) is 27.8. The Kier molecular flexibility index (Phi) is 10.1. The lowest BCUT2D eigenvalue weighted by Crippen LogP contribution is -2.42. The number of nitrogens with zero attached hydrogens (tertiary/aromatic N) is 5. The number of methoxy groups -OCH3 is 2. The normalized spacial score (nSPS) is 15.0. The number of anilines is 1. The highest BCUT2D eigenvalue weighted by Gasteiger charge is 2.25. The van der Waals surface area contributed by atoms with E-state index in [0.717, 1.165) is 12.8 Å². The Morgan fingerprint density at radius 1 is 1.22 bits per heavy atom. The number of aromatic nitrogens is 3. The van der Waals surface area contributed by atoms with Gasteiger partial charge < -0.3 is 14.4 Å². The number of piperidine rings is 1. The second-order valence-electron chi connectivity index (χ2n) is 8.40. The molecule has 0 radical (unpaired) electrons. The number of carbonyl (C=O) groups is 2. The first-order chi connectivity index (χ1) is 18.0. The summed E-state index contributed by atoms with van der Waals surface area (Å²) in [5.41, 5.74) is 2.25. The van der Waals surface area contributed by atoms with Crippen LogP contribution >= 0.6 is 0 Å². The van der Waals surface area contributed by atoms with Crippen LogP contribution < -0.4 is 5.32 Å². The summed E-state index contributed by atoms with van der Waals surface area (Å²) in [6.45, 7) is 6.26. The number of amides is 2. The van der Waals surface area contributed by atoms with E-state index in [1.807, 2.05) is 19.9 Å². The summed E-state index contributed by atoms with van der Waals surface area (Å²) < 4.78 is 12.4.